The summed E-state index contributed by atoms with van der Waals surface area (Å²) in [6.07, 6.45) is 3.25. The summed E-state index contributed by atoms with van der Waals surface area (Å²) in [4.78, 5) is 17.0. The Morgan fingerprint density at radius 1 is 1.10 bits per heavy atom. The fraction of sp³-hybridized carbons (Fsp3) is 0.562. The molecule has 0 atom stereocenters. The molecule has 4 heteroatoms. The van der Waals surface area contributed by atoms with Crippen molar-refractivity contribution in [3.63, 3.8) is 0 Å². The average molecular weight is 276 g/mol. The number of piperazine rings is 1. The number of carbonyl (C=O) groups is 1. The van der Waals surface area contributed by atoms with Crippen molar-refractivity contribution in [1.29, 1.82) is 0 Å². The molecule has 1 aliphatic heterocycles. The van der Waals surface area contributed by atoms with Gasteiger partial charge >= 0.3 is 0 Å². The SMILES string of the molecule is O=C(CCN1CCN(C2CC2)CC1)c1ccc(F)cc1. The van der Waals surface area contributed by atoms with Gasteiger partial charge in [0.25, 0.3) is 0 Å². The van der Waals surface area contributed by atoms with E-state index >= 15 is 0 Å². The fourth-order valence-electron chi connectivity index (χ4n) is 2.83. The molecule has 1 saturated heterocycles. The number of hydrogen-bond donors (Lipinski definition) is 0. The van der Waals surface area contributed by atoms with Crippen molar-refractivity contribution in [3.05, 3.63) is 35.6 Å². The molecule has 3 nitrogen and oxygen atoms in total. The van der Waals surface area contributed by atoms with Crippen molar-refractivity contribution < 1.29 is 9.18 Å². The molecular weight excluding hydrogens is 255 g/mol. The predicted molar refractivity (Wildman–Crippen MR) is 76.4 cm³/mol. The molecule has 1 saturated carbocycles. The zero-order valence-corrected chi connectivity index (χ0v) is 11.7. The molecule has 1 aromatic rings. The number of Topliss-reactive ketones (excluding diaryl/α,β-unsaturated/α-hetero) is 1. The lowest BCUT2D eigenvalue weighted by Crippen LogP contribution is -2.47. The van der Waals surface area contributed by atoms with Crippen LogP contribution in [-0.2, 0) is 0 Å². The van der Waals surface area contributed by atoms with E-state index in [1.54, 1.807) is 12.1 Å². The fourth-order valence-corrected chi connectivity index (χ4v) is 2.83. The number of rotatable bonds is 5. The van der Waals surface area contributed by atoms with Gasteiger partial charge in [-0.3, -0.25) is 9.69 Å². The second-order valence-electron chi connectivity index (χ2n) is 5.79. The minimum absolute atomic E-state index is 0.106. The summed E-state index contributed by atoms with van der Waals surface area (Å²) in [5.41, 5.74) is 0.614. The number of hydrogen-bond acceptors (Lipinski definition) is 3. The number of nitrogens with zero attached hydrogens (tertiary/aromatic N) is 2. The highest BCUT2D eigenvalue weighted by Gasteiger charge is 2.31. The Bertz CT molecular complexity index is 462. The summed E-state index contributed by atoms with van der Waals surface area (Å²) in [5.74, 6) is -0.188. The van der Waals surface area contributed by atoms with Gasteiger partial charge in [0.05, 0.1) is 0 Å². The maximum Gasteiger partial charge on any atom is 0.164 e. The van der Waals surface area contributed by atoms with Crippen LogP contribution in [0.1, 0.15) is 29.6 Å². The third-order valence-electron chi connectivity index (χ3n) is 4.29. The van der Waals surface area contributed by atoms with E-state index < -0.39 is 0 Å². The second kappa shape index (κ2) is 6.02. The highest BCUT2D eigenvalue weighted by molar-refractivity contribution is 5.96. The number of ketones is 1. The van der Waals surface area contributed by atoms with Crippen LogP contribution in [0.2, 0.25) is 0 Å². The summed E-state index contributed by atoms with van der Waals surface area (Å²) < 4.78 is 12.8. The first kappa shape index (κ1) is 13.7. The zero-order valence-electron chi connectivity index (χ0n) is 11.7. The summed E-state index contributed by atoms with van der Waals surface area (Å²) in [7, 11) is 0. The Balaban J connectivity index is 1.43. The molecular formula is C16H21FN2O. The summed E-state index contributed by atoms with van der Waals surface area (Å²) in [5, 5.41) is 0. The second-order valence-corrected chi connectivity index (χ2v) is 5.79. The highest BCUT2D eigenvalue weighted by Crippen LogP contribution is 2.27. The largest absolute Gasteiger partial charge is 0.300 e. The van der Waals surface area contributed by atoms with Gasteiger partial charge in [0.1, 0.15) is 5.82 Å². The molecule has 1 aliphatic carbocycles. The predicted octanol–water partition coefficient (Wildman–Crippen LogP) is 2.18. The molecule has 3 rings (SSSR count). The summed E-state index contributed by atoms with van der Waals surface area (Å²) >= 11 is 0. The topological polar surface area (TPSA) is 23.6 Å². The van der Waals surface area contributed by atoms with Crippen LogP contribution in [0, 0.1) is 5.82 Å². The summed E-state index contributed by atoms with van der Waals surface area (Å²) in [6, 6.07) is 6.69. The van der Waals surface area contributed by atoms with Gasteiger partial charge < -0.3 is 4.90 Å². The third-order valence-corrected chi connectivity index (χ3v) is 4.29. The molecule has 0 aromatic heterocycles. The Morgan fingerprint density at radius 2 is 1.75 bits per heavy atom. The molecule has 0 radical (unpaired) electrons. The molecule has 2 aliphatic rings. The van der Waals surface area contributed by atoms with Crippen molar-refractivity contribution >= 4 is 5.78 Å². The first-order valence-electron chi connectivity index (χ1n) is 7.47. The van der Waals surface area contributed by atoms with E-state index in [4.69, 9.17) is 0 Å². The van der Waals surface area contributed by atoms with Gasteiger partial charge in [-0.2, -0.15) is 0 Å². The molecule has 2 fully saturated rings. The normalized spacial score (nSPS) is 21.1. The van der Waals surface area contributed by atoms with Gasteiger partial charge in [0.2, 0.25) is 0 Å². The number of carbonyl (C=O) groups excluding carboxylic acids is 1. The first-order chi connectivity index (χ1) is 9.72. The molecule has 0 N–H and O–H groups in total. The average Bonchev–Trinajstić information content (AvgIpc) is 3.31. The van der Waals surface area contributed by atoms with Crippen LogP contribution in [0.25, 0.3) is 0 Å². The lowest BCUT2D eigenvalue weighted by atomic mass is 10.1. The number of halogens is 1. The van der Waals surface area contributed by atoms with Crippen molar-refractivity contribution in [2.24, 2.45) is 0 Å². The van der Waals surface area contributed by atoms with E-state index in [2.05, 4.69) is 9.80 Å². The van der Waals surface area contributed by atoms with E-state index in [0.29, 0.717) is 12.0 Å². The monoisotopic (exact) mass is 276 g/mol. The number of benzene rings is 1. The van der Waals surface area contributed by atoms with Crippen molar-refractivity contribution in [2.45, 2.75) is 25.3 Å². The third kappa shape index (κ3) is 3.44. The highest BCUT2D eigenvalue weighted by atomic mass is 19.1. The lowest BCUT2D eigenvalue weighted by molar-refractivity contribution is 0.0921. The molecule has 1 heterocycles. The van der Waals surface area contributed by atoms with Crippen LogP contribution in [0.5, 0.6) is 0 Å². The maximum atomic E-state index is 12.8. The van der Waals surface area contributed by atoms with E-state index in [-0.39, 0.29) is 11.6 Å². The van der Waals surface area contributed by atoms with Crippen molar-refractivity contribution in [2.75, 3.05) is 32.7 Å². The van der Waals surface area contributed by atoms with Gasteiger partial charge in [-0.05, 0) is 37.1 Å². The quantitative estimate of drug-likeness (QED) is 0.770. The Morgan fingerprint density at radius 3 is 2.35 bits per heavy atom. The van der Waals surface area contributed by atoms with Crippen LogP contribution in [-0.4, -0.2) is 54.3 Å². The molecule has 0 spiro atoms. The first-order valence-corrected chi connectivity index (χ1v) is 7.47. The molecule has 108 valence electrons. The van der Waals surface area contributed by atoms with Gasteiger partial charge in [0.15, 0.2) is 5.78 Å². The van der Waals surface area contributed by atoms with E-state index in [9.17, 15) is 9.18 Å². The smallest absolute Gasteiger partial charge is 0.164 e. The molecule has 0 unspecified atom stereocenters. The minimum Gasteiger partial charge on any atom is -0.300 e. The van der Waals surface area contributed by atoms with Crippen LogP contribution in [0.4, 0.5) is 4.39 Å². The zero-order chi connectivity index (χ0) is 13.9. The molecule has 0 amide bonds. The van der Waals surface area contributed by atoms with E-state index in [1.165, 1.54) is 25.0 Å². The van der Waals surface area contributed by atoms with Crippen molar-refractivity contribution in [3.8, 4) is 0 Å². The van der Waals surface area contributed by atoms with Gasteiger partial charge in [-0.25, -0.2) is 4.39 Å². The lowest BCUT2D eigenvalue weighted by Gasteiger charge is -2.34. The maximum absolute atomic E-state index is 12.8. The minimum atomic E-state index is -0.294. The van der Waals surface area contributed by atoms with Crippen molar-refractivity contribution in [1.82, 2.24) is 9.80 Å². The Labute approximate surface area is 119 Å². The molecule has 20 heavy (non-hydrogen) atoms. The Hall–Kier alpha value is -1.26. The Kier molecular flexibility index (Phi) is 4.13. The van der Waals surface area contributed by atoms with E-state index in [0.717, 1.165) is 38.8 Å². The summed E-state index contributed by atoms with van der Waals surface area (Å²) in [6.45, 7) is 5.21. The molecule has 1 aromatic carbocycles. The van der Waals surface area contributed by atoms with Crippen LogP contribution in [0.15, 0.2) is 24.3 Å². The van der Waals surface area contributed by atoms with Gasteiger partial charge in [-0.15, -0.1) is 0 Å². The van der Waals surface area contributed by atoms with E-state index in [1.807, 2.05) is 0 Å². The molecule has 0 bridgehead atoms. The van der Waals surface area contributed by atoms with Crippen LogP contribution < -0.4 is 0 Å². The van der Waals surface area contributed by atoms with Crippen LogP contribution in [0.3, 0.4) is 0 Å². The van der Waals surface area contributed by atoms with Crippen LogP contribution >= 0.6 is 0 Å². The van der Waals surface area contributed by atoms with Gasteiger partial charge in [-0.1, -0.05) is 0 Å². The standard InChI is InChI=1S/C16H21FN2O/c17-14-3-1-13(2-4-14)16(20)7-8-18-9-11-19(12-10-18)15-5-6-15/h1-4,15H,5-12H2. The van der Waals surface area contributed by atoms with Gasteiger partial charge in [0, 0.05) is 50.7 Å².